The Kier molecular flexibility index (Phi) is 4.55. The highest BCUT2D eigenvalue weighted by Gasteiger charge is 2.24. The number of Topliss-reactive ketones (excluding diaryl/α,β-unsaturated/α-hetero) is 2. The van der Waals surface area contributed by atoms with Crippen molar-refractivity contribution >= 4 is 34.8 Å². The molecular formula is C15H11Cl2NO2. The van der Waals surface area contributed by atoms with Gasteiger partial charge in [0.2, 0.25) is 0 Å². The minimum absolute atomic E-state index is 0.351. The molecule has 0 bridgehead atoms. The highest BCUT2D eigenvalue weighted by Crippen LogP contribution is 2.14. The fourth-order valence-electron chi connectivity index (χ4n) is 1.71. The normalized spacial score (nSPS) is 10.6. The van der Waals surface area contributed by atoms with Crippen LogP contribution in [0.15, 0.2) is 48.5 Å². The van der Waals surface area contributed by atoms with Crippen LogP contribution in [0, 0.1) is 0 Å². The van der Waals surface area contributed by atoms with E-state index in [1.165, 1.54) is 0 Å². The summed E-state index contributed by atoms with van der Waals surface area (Å²) in [4.78, 5) is 24.2. The molecule has 2 N–H and O–H groups in total. The van der Waals surface area contributed by atoms with E-state index in [9.17, 15) is 9.59 Å². The lowest BCUT2D eigenvalue weighted by molar-refractivity contribution is 0.0863. The van der Waals surface area contributed by atoms with Crippen LogP contribution in [0.4, 0.5) is 0 Å². The predicted octanol–water partition coefficient (Wildman–Crippen LogP) is 3.39. The second kappa shape index (κ2) is 6.18. The van der Waals surface area contributed by atoms with E-state index >= 15 is 0 Å². The third kappa shape index (κ3) is 3.25. The third-order valence-corrected chi connectivity index (χ3v) is 3.33. The van der Waals surface area contributed by atoms with Crippen LogP contribution in [0.1, 0.15) is 20.7 Å². The largest absolute Gasteiger partial charge is 0.315 e. The number of benzene rings is 2. The molecule has 5 heteroatoms. The van der Waals surface area contributed by atoms with Gasteiger partial charge in [-0.3, -0.25) is 9.59 Å². The van der Waals surface area contributed by atoms with Crippen molar-refractivity contribution in [2.45, 2.75) is 6.04 Å². The molecule has 2 rings (SSSR count). The van der Waals surface area contributed by atoms with Gasteiger partial charge in [-0.25, -0.2) is 0 Å². The maximum atomic E-state index is 12.1. The van der Waals surface area contributed by atoms with Crippen LogP contribution >= 0.6 is 23.2 Å². The van der Waals surface area contributed by atoms with Gasteiger partial charge in [-0.15, -0.1) is 0 Å². The van der Waals surface area contributed by atoms with Gasteiger partial charge in [0.1, 0.15) is 6.04 Å². The molecule has 102 valence electrons. The van der Waals surface area contributed by atoms with Crippen LogP contribution in [-0.2, 0) is 0 Å². The first-order valence-corrected chi connectivity index (χ1v) is 6.60. The maximum absolute atomic E-state index is 12.1. The van der Waals surface area contributed by atoms with Crippen LogP contribution in [0.3, 0.4) is 0 Å². The van der Waals surface area contributed by atoms with Crippen LogP contribution < -0.4 is 5.73 Å². The maximum Gasteiger partial charge on any atom is 0.187 e. The Hall–Kier alpha value is -1.68. The topological polar surface area (TPSA) is 60.2 Å². The summed E-state index contributed by atoms with van der Waals surface area (Å²) in [6.45, 7) is 0. The van der Waals surface area contributed by atoms with Crippen molar-refractivity contribution in [3.63, 3.8) is 0 Å². The molecule has 0 radical (unpaired) electrons. The van der Waals surface area contributed by atoms with Crippen molar-refractivity contribution in [3.8, 4) is 0 Å². The standard InChI is InChI=1S/C15H11Cl2NO2/c16-11-5-1-9(2-6-11)14(19)13(18)15(20)10-3-7-12(17)8-4-10/h1-8,13H,18H2. The van der Waals surface area contributed by atoms with E-state index in [2.05, 4.69) is 0 Å². The molecule has 2 aromatic carbocycles. The average molecular weight is 308 g/mol. The van der Waals surface area contributed by atoms with Gasteiger partial charge in [0, 0.05) is 21.2 Å². The summed E-state index contributed by atoms with van der Waals surface area (Å²) in [5.41, 5.74) is 6.44. The molecule has 0 atom stereocenters. The first-order chi connectivity index (χ1) is 9.49. The summed E-state index contributed by atoms with van der Waals surface area (Å²) >= 11 is 11.5. The van der Waals surface area contributed by atoms with Crippen molar-refractivity contribution in [1.82, 2.24) is 0 Å². The molecule has 0 aliphatic heterocycles. The van der Waals surface area contributed by atoms with E-state index < -0.39 is 17.6 Å². The highest BCUT2D eigenvalue weighted by atomic mass is 35.5. The Bertz CT molecular complexity index is 578. The van der Waals surface area contributed by atoms with E-state index in [0.29, 0.717) is 21.2 Å². The minimum Gasteiger partial charge on any atom is -0.315 e. The number of nitrogens with two attached hydrogens (primary N) is 1. The minimum atomic E-state index is -1.24. The molecule has 0 unspecified atom stereocenters. The zero-order valence-electron chi connectivity index (χ0n) is 10.3. The molecule has 0 aliphatic carbocycles. The smallest absolute Gasteiger partial charge is 0.187 e. The third-order valence-electron chi connectivity index (χ3n) is 2.82. The lowest BCUT2D eigenvalue weighted by Gasteiger charge is -2.10. The van der Waals surface area contributed by atoms with Gasteiger partial charge in [-0.2, -0.15) is 0 Å². The second-order valence-corrected chi connectivity index (χ2v) is 5.09. The van der Waals surface area contributed by atoms with Gasteiger partial charge in [0.25, 0.3) is 0 Å². The molecular weight excluding hydrogens is 297 g/mol. The molecule has 3 nitrogen and oxygen atoms in total. The summed E-state index contributed by atoms with van der Waals surface area (Å²) in [6, 6.07) is 11.2. The van der Waals surface area contributed by atoms with Gasteiger partial charge in [0.05, 0.1) is 0 Å². The first kappa shape index (κ1) is 14.7. The Morgan fingerprint density at radius 2 is 1.05 bits per heavy atom. The van der Waals surface area contributed by atoms with Crippen molar-refractivity contribution in [2.75, 3.05) is 0 Å². The molecule has 0 fully saturated rings. The van der Waals surface area contributed by atoms with Gasteiger partial charge in [0.15, 0.2) is 11.6 Å². The highest BCUT2D eigenvalue weighted by molar-refractivity contribution is 6.31. The number of carbonyl (C=O) groups is 2. The number of halogens is 2. The molecule has 0 amide bonds. The van der Waals surface area contributed by atoms with Gasteiger partial charge < -0.3 is 5.73 Å². The van der Waals surface area contributed by atoms with E-state index in [4.69, 9.17) is 28.9 Å². The molecule has 0 heterocycles. The predicted molar refractivity (Wildman–Crippen MR) is 79.5 cm³/mol. The zero-order valence-corrected chi connectivity index (χ0v) is 11.9. The Morgan fingerprint density at radius 3 is 1.35 bits per heavy atom. The molecule has 2 aromatic rings. The molecule has 0 spiro atoms. The van der Waals surface area contributed by atoms with Gasteiger partial charge >= 0.3 is 0 Å². The van der Waals surface area contributed by atoms with E-state index in [0.717, 1.165) is 0 Å². The zero-order chi connectivity index (χ0) is 14.7. The number of hydrogen-bond donors (Lipinski definition) is 1. The fourth-order valence-corrected chi connectivity index (χ4v) is 1.96. The van der Waals surface area contributed by atoms with Crippen LogP contribution in [-0.4, -0.2) is 17.6 Å². The number of carbonyl (C=O) groups excluding carboxylic acids is 2. The first-order valence-electron chi connectivity index (χ1n) is 5.84. The monoisotopic (exact) mass is 307 g/mol. The quantitative estimate of drug-likeness (QED) is 0.695. The van der Waals surface area contributed by atoms with Crippen molar-refractivity contribution < 1.29 is 9.59 Å². The Balaban J connectivity index is 2.20. The summed E-state index contributed by atoms with van der Waals surface area (Å²) in [7, 11) is 0. The summed E-state index contributed by atoms with van der Waals surface area (Å²) in [5.74, 6) is -0.886. The van der Waals surface area contributed by atoms with Crippen molar-refractivity contribution in [1.29, 1.82) is 0 Å². The van der Waals surface area contributed by atoms with Crippen molar-refractivity contribution in [2.24, 2.45) is 5.73 Å². The number of rotatable bonds is 4. The van der Waals surface area contributed by atoms with E-state index in [1.54, 1.807) is 48.5 Å². The summed E-state index contributed by atoms with van der Waals surface area (Å²) < 4.78 is 0. The SMILES string of the molecule is NC(C(=O)c1ccc(Cl)cc1)C(=O)c1ccc(Cl)cc1. The Morgan fingerprint density at radius 1 is 0.750 bits per heavy atom. The van der Waals surface area contributed by atoms with Gasteiger partial charge in [-0.05, 0) is 48.5 Å². The number of hydrogen-bond acceptors (Lipinski definition) is 3. The summed E-state index contributed by atoms with van der Waals surface area (Å²) in [6.07, 6.45) is 0. The van der Waals surface area contributed by atoms with Crippen LogP contribution in [0.25, 0.3) is 0 Å². The number of ketones is 2. The second-order valence-electron chi connectivity index (χ2n) is 4.22. The lowest BCUT2D eigenvalue weighted by Crippen LogP contribution is -2.38. The van der Waals surface area contributed by atoms with E-state index in [-0.39, 0.29) is 0 Å². The molecule has 0 aromatic heterocycles. The lowest BCUT2D eigenvalue weighted by atomic mass is 9.97. The molecule has 0 saturated carbocycles. The van der Waals surface area contributed by atoms with Gasteiger partial charge in [-0.1, -0.05) is 23.2 Å². The van der Waals surface area contributed by atoms with Crippen molar-refractivity contribution in [3.05, 3.63) is 69.7 Å². The Labute approximate surface area is 126 Å². The van der Waals surface area contributed by atoms with Crippen LogP contribution in [0.2, 0.25) is 10.0 Å². The summed E-state index contributed by atoms with van der Waals surface area (Å²) in [5, 5.41) is 1.03. The fraction of sp³-hybridized carbons (Fsp3) is 0.0667. The molecule has 20 heavy (non-hydrogen) atoms. The van der Waals surface area contributed by atoms with E-state index in [1.807, 2.05) is 0 Å². The molecule has 0 saturated heterocycles. The molecule has 0 aliphatic rings. The average Bonchev–Trinajstić information content (AvgIpc) is 2.46. The van der Waals surface area contributed by atoms with Crippen LogP contribution in [0.5, 0.6) is 0 Å².